The van der Waals surface area contributed by atoms with Crippen molar-refractivity contribution in [2.45, 2.75) is 19.4 Å². The molecule has 0 bridgehead atoms. The van der Waals surface area contributed by atoms with Gasteiger partial charge in [-0.15, -0.1) is 5.10 Å². The van der Waals surface area contributed by atoms with Gasteiger partial charge in [0.25, 0.3) is 0 Å². The zero-order chi connectivity index (χ0) is 20.3. The van der Waals surface area contributed by atoms with Crippen molar-refractivity contribution >= 4 is 5.91 Å². The van der Waals surface area contributed by atoms with E-state index in [1.165, 1.54) is 6.33 Å². The summed E-state index contributed by atoms with van der Waals surface area (Å²) in [5, 5.41) is 15.8. The molecule has 9 nitrogen and oxygen atoms in total. The van der Waals surface area contributed by atoms with Crippen LogP contribution in [0.5, 0.6) is 0 Å². The third-order valence-electron chi connectivity index (χ3n) is 5.23. The zero-order valence-corrected chi connectivity index (χ0v) is 16.3. The number of nitrogens with zero attached hydrogens (tertiary/aromatic N) is 8. The van der Waals surface area contributed by atoms with Crippen LogP contribution in [-0.2, 0) is 24.2 Å². The Labute approximate surface area is 173 Å². The van der Waals surface area contributed by atoms with Crippen LogP contribution in [0.1, 0.15) is 11.4 Å². The van der Waals surface area contributed by atoms with Gasteiger partial charge in [-0.1, -0.05) is 42.5 Å². The lowest BCUT2D eigenvalue weighted by Gasteiger charge is -2.20. The van der Waals surface area contributed by atoms with Crippen LogP contribution in [-0.4, -0.2) is 58.9 Å². The Morgan fingerprint density at radius 1 is 0.967 bits per heavy atom. The second-order valence-electron chi connectivity index (χ2n) is 7.17. The third kappa shape index (κ3) is 3.69. The number of rotatable bonds is 4. The minimum atomic E-state index is 0.110. The molecule has 2 aromatic heterocycles. The Hall–Kier alpha value is -3.88. The number of fused-ring (bicyclic) bond motifs is 1. The van der Waals surface area contributed by atoms with E-state index in [4.69, 9.17) is 0 Å². The van der Waals surface area contributed by atoms with E-state index in [0.717, 1.165) is 28.5 Å². The highest BCUT2D eigenvalue weighted by molar-refractivity contribution is 5.78. The van der Waals surface area contributed by atoms with Gasteiger partial charge in [0.05, 0.1) is 18.7 Å². The molecule has 1 amide bonds. The van der Waals surface area contributed by atoms with Crippen molar-refractivity contribution in [2.75, 3.05) is 13.1 Å². The summed E-state index contributed by atoms with van der Waals surface area (Å²) in [4.78, 5) is 19.4. The molecule has 4 aromatic rings. The first-order valence-corrected chi connectivity index (χ1v) is 9.85. The van der Waals surface area contributed by atoms with Crippen molar-refractivity contribution in [3.05, 3.63) is 72.3 Å². The Bertz CT molecular complexity index is 1110. The lowest BCUT2D eigenvalue weighted by Crippen LogP contribution is -2.34. The minimum absolute atomic E-state index is 0.110. The largest absolute Gasteiger partial charge is 0.340 e. The number of benzene rings is 2. The van der Waals surface area contributed by atoms with Crippen LogP contribution in [0.4, 0.5) is 0 Å². The highest BCUT2D eigenvalue weighted by atomic mass is 16.2. The summed E-state index contributed by atoms with van der Waals surface area (Å²) in [5.74, 6) is 1.78. The second-order valence-corrected chi connectivity index (χ2v) is 7.17. The van der Waals surface area contributed by atoms with E-state index in [0.29, 0.717) is 32.5 Å². The van der Waals surface area contributed by atoms with E-state index in [-0.39, 0.29) is 5.91 Å². The molecular formula is C21H20N8O. The van der Waals surface area contributed by atoms with E-state index in [9.17, 15) is 4.79 Å². The van der Waals surface area contributed by atoms with E-state index < -0.39 is 0 Å². The van der Waals surface area contributed by atoms with Crippen LogP contribution >= 0.6 is 0 Å². The Kier molecular flexibility index (Phi) is 4.76. The predicted molar refractivity (Wildman–Crippen MR) is 109 cm³/mol. The minimum Gasteiger partial charge on any atom is -0.340 e. The zero-order valence-electron chi connectivity index (χ0n) is 16.3. The lowest BCUT2D eigenvalue weighted by molar-refractivity contribution is -0.130. The van der Waals surface area contributed by atoms with Crippen molar-refractivity contribution in [2.24, 2.45) is 0 Å². The number of tetrazole rings is 1. The molecule has 30 heavy (non-hydrogen) atoms. The highest BCUT2D eigenvalue weighted by Crippen LogP contribution is 2.17. The summed E-state index contributed by atoms with van der Waals surface area (Å²) >= 11 is 0. The summed E-state index contributed by atoms with van der Waals surface area (Å²) in [6.45, 7) is 1.93. The van der Waals surface area contributed by atoms with Crippen LogP contribution in [0.2, 0.25) is 0 Å². The molecule has 150 valence electrons. The molecule has 1 aliphatic rings. The van der Waals surface area contributed by atoms with Crippen LogP contribution in [0, 0.1) is 0 Å². The first-order chi connectivity index (χ1) is 14.8. The standard InChI is InChI=1S/C21H20N8O/c30-20(14-16-6-8-18(9-7-16)29-15-22-25-26-29)27-11-10-19-23-21(24-28(19)13-12-27)17-4-2-1-3-5-17/h1-9,15H,10-14H2. The van der Waals surface area contributed by atoms with Crippen LogP contribution < -0.4 is 0 Å². The van der Waals surface area contributed by atoms with Gasteiger partial charge < -0.3 is 4.90 Å². The number of hydrogen-bond donors (Lipinski definition) is 0. The molecule has 0 N–H and O–H groups in total. The summed E-state index contributed by atoms with van der Waals surface area (Å²) < 4.78 is 3.51. The van der Waals surface area contributed by atoms with Gasteiger partial charge in [0.15, 0.2) is 5.82 Å². The Morgan fingerprint density at radius 2 is 1.80 bits per heavy atom. The molecule has 1 aliphatic heterocycles. The van der Waals surface area contributed by atoms with E-state index >= 15 is 0 Å². The summed E-state index contributed by atoms with van der Waals surface area (Å²) in [5.41, 5.74) is 2.83. The van der Waals surface area contributed by atoms with Gasteiger partial charge in [0, 0.05) is 25.1 Å². The lowest BCUT2D eigenvalue weighted by atomic mass is 10.1. The molecule has 5 rings (SSSR count). The van der Waals surface area contributed by atoms with Crippen molar-refractivity contribution < 1.29 is 4.79 Å². The SMILES string of the molecule is O=C(Cc1ccc(-n2cnnn2)cc1)N1CCc2nc(-c3ccccc3)nn2CC1. The molecule has 0 saturated carbocycles. The van der Waals surface area contributed by atoms with E-state index in [1.54, 1.807) is 4.68 Å². The molecule has 3 heterocycles. The molecule has 0 atom stereocenters. The fourth-order valence-corrected chi connectivity index (χ4v) is 3.59. The maximum Gasteiger partial charge on any atom is 0.227 e. The van der Waals surface area contributed by atoms with Gasteiger partial charge in [-0.25, -0.2) is 14.3 Å². The first kappa shape index (κ1) is 18.2. The van der Waals surface area contributed by atoms with Gasteiger partial charge in [-0.05, 0) is 28.1 Å². The van der Waals surface area contributed by atoms with Crippen molar-refractivity contribution in [3.63, 3.8) is 0 Å². The summed E-state index contributed by atoms with van der Waals surface area (Å²) in [6.07, 6.45) is 2.60. The third-order valence-corrected chi connectivity index (χ3v) is 5.23. The topological polar surface area (TPSA) is 94.6 Å². The van der Waals surface area contributed by atoms with Crippen molar-refractivity contribution in [1.29, 1.82) is 0 Å². The van der Waals surface area contributed by atoms with Crippen LogP contribution in [0.25, 0.3) is 17.1 Å². The normalized spacial score (nSPS) is 13.7. The van der Waals surface area contributed by atoms with Gasteiger partial charge in [-0.2, -0.15) is 5.10 Å². The average molecular weight is 400 g/mol. The second kappa shape index (κ2) is 7.86. The average Bonchev–Trinajstić information content (AvgIpc) is 3.42. The molecule has 0 radical (unpaired) electrons. The van der Waals surface area contributed by atoms with Gasteiger partial charge >= 0.3 is 0 Å². The van der Waals surface area contributed by atoms with E-state index in [1.807, 2.05) is 64.2 Å². The number of hydrogen-bond acceptors (Lipinski definition) is 6. The summed E-state index contributed by atoms with van der Waals surface area (Å²) in [7, 11) is 0. The maximum absolute atomic E-state index is 12.8. The molecule has 0 saturated heterocycles. The fourth-order valence-electron chi connectivity index (χ4n) is 3.59. The number of carbonyl (C=O) groups excluding carboxylic acids is 1. The molecule has 0 unspecified atom stereocenters. The Morgan fingerprint density at radius 3 is 2.57 bits per heavy atom. The van der Waals surface area contributed by atoms with E-state index in [2.05, 4.69) is 25.6 Å². The number of carbonyl (C=O) groups is 1. The Balaban J connectivity index is 1.22. The summed E-state index contributed by atoms with van der Waals surface area (Å²) in [6, 6.07) is 17.7. The first-order valence-electron chi connectivity index (χ1n) is 9.85. The monoisotopic (exact) mass is 400 g/mol. The molecule has 0 aliphatic carbocycles. The van der Waals surface area contributed by atoms with Crippen molar-refractivity contribution in [3.8, 4) is 17.1 Å². The van der Waals surface area contributed by atoms with Gasteiger partial charge in [0.1, 0.15) is 12.2 Å². The van der Waals surface area contributed by atoms with Gasteiger partial charge in [-0.3, -0.25) is 4.79 Å². The number of amides is 1. The molecule has 0 spiro atoms. The predicted octanol–water partition coefficient (Wildman–Crippen LogP) is 1.55. The molecule has 0 fully saturated rings. The quantitative estimate of drug-likeness (QED) is 0.516. The maximum atomic E-state index is 12.8. The highest BCUT2D eigenvalue weighted by Gasteiger charge is 2.21. The van der Waals surface area contributed by atoms with Crippen molar-refractivity contribution in [1.82, 2.24) is 39.9 Å². The van der Waals surface area contributed by atoms with Crippen LogP contribution in [0.15, 0.2) is 60.9 Å². The number of aromatic nitrogens is 7. The molecule has 2 aromatic carbocycles. The fraction of sp³-hybridized carbons (Fsp3) is 0.238. The molecule has 9 heteroatoms. The molecular weight excluding hydrogens is 380 g/mol. The van der Waals surface area contributed by atoms with Gasteiger partial charge in [0.2, 0.25) is 5.91 Å². The smallest absolute Gasteiger partial charge is 0.227 e. The van der Waals surface area contributed by atoms with Crippen LogP contribution in [0.3, 0.4) is 0 Å².